The van der Waals surface area contributed by atoms with Crippen molar-refractivity contribution >= 4 is 23.1 Å². The third-order valence-corrected chi connectivity index (χ3v) is 6.44. The smallest absolute Gasteiger partial charge is 0.257 e. The Morgan fingerprint density at radius 2 is 1.87 bits per heavy atom. The van der Waals surface area contributed by atoms with Gasteiger partial charge in [-0.1, -0.05) is 36.0 Å². The van der Waals surface area contributed by atoms with E-state index < -0.39 is 0 Å². The van der Waals surface area contributed by atoms with Gasteiger partial charge in [-0.25, -0.2) is 0 Å². The first-order valence-corrected chi connectivity index (χ1v) is 11.1. The number of rotatable bonds is 6. The molecule has 0 amide bonds. The third-order valence-electron chi connectivity index (χ3n) is 4.55. The molecule has 30 heavy (non-hydrogen) atoms. The third kappa shape index (κ3) is 3.46. The van der Waals surface area contributed by atoms with Crippen LogP contribution in [0.2, 0.25) is 0 Å². The first-order chi connectivity index (χ1) is 14.7. The van der Waals surface area contributed by atoms with Crippen LogP contribution in [0.3, 0.4) is 0 Å². The van der Waals surface area contributed by atoms with Crippen molar-refractivity contribution in [3.05, 3.63) is 71.8 Å². The monoisotopic (exact) mass is 435 g/mol. The van der Waals surface area contributed by atoms with Crippen LogP contribution in [-0.2, 0) is 0 Å². The van der Waals surface area contributed by atoms with E-state index >= 15 is 0 Å². The maximum Gasteiger partial charge on any atom is 0.257 e. The minimum Gasteiger partial charge on any atom is -0.469 e. The van der Waals surface area contributed by atoms with E-state index in [9.17, 15) is 0 Å². The van der Waals surface area contributed by atoms with Gasteiger partial charge in [-0.2, -0.15) is 0 Å². The van der Waals surface area contributed by atoms with Gasteiger partial charge in [0.15, 0.2) is 11.0 Å². The molecule has 0 aliphatic heterocycles. The van der Waals surface area contributed by atoms with Crippen molar-refractivity contribution in [3.63, 3.8) is 0 Å². The number of benzene rings is 1. The summed E-state index contributed by atoms with van der Waals surface area (Å²) in [5.74, 6) is 2.60. The number of thioether (sulfide) groups is 1. The number of nitrogens with zero attached hydrogens (tertiary/aromatic N) is 5. The van der Waals surface area contributed by atoms with E-state index in [4.69, 9.17) is 8.83 Å². The van der Waals surface area contributed by atoms with Crippen LogP contribution in [0, 0.1) is 6.92 Å². The van der Waals surface area contributed by atoms with Crippen LogP contribution in [0.4, 0.5) is 0 Å². The van der Waals surface area contributed by atoms with Crippen molar-refractivity contribution in [2.24, 2.45) is 0 Å². The van der Waals surface area contributed by atoms with E-state index in [2.05, 4.69) is 20.4 Å². The molecular weight excluding hydrogens is 418 g/mol. The molecule has 1 atom stereocenters. The van der Waals surface area contributed by atoms with Gasteiger partial charge < -0.3 is 8.83 Å². The molecule has 0 saturated heterocycles. The number of thiophene rings is 1. The van der Waals surface area contributed by atoms with Crippen LogP contribution in [0.25, 0.3) is 27.8 Å². The average Bonchev–Trinajstić information content (AvgIpc) is 3.55. The highest BCUT2D eigenvalue weighted by molar-refractivity contribution is 7.99. The minimum absolute atomic E-state index is 0.101. The Labute approximate surface area is 180 Å². The second-order valence-corrected chi connectivity index (χ2v) is 8.81. The zero-order chi connectivity index (χ0) is 20.5. The Balaban J connectivity index is 1.50. The van der Waals surface area contributed by atoms with Crippen LogP contribution in [0.5, 0.6) is 0 Å². The van der Waals surface area contributed by atoms with Gasteiger partial charge in [0, 0.05) is 5.69 Å². The summed E-state index contributed by atoms with van der Waals surface area (Å²) >= 11 is 3.09. The lowest BCUT2D eigenvalue weighted by atomic mass is 10.2. The van der Waals surface area contributed by atoms with E-state index in [1.807, 2.05) is 72.3 Å². The molecule has 0 fully saturated rings. The largest absolute Gasteiger partial charge is 0.469 e. The van der Waals surface area contributed by atoms with Crippen LogP contribution in [0.15, 0.2) is 74.2 Å². The molecule has 150 valence electrons. The van der Waals surface area contributed by atoms with Crippen LogP contribution < -0.4 is 0 Å². The average molecular weight is 436 g/mol. The molecular formula is C21H17N5O2S2. The molecule has 5 aromatic rings. The Hall–Kier alpha value is -3.17. The number of para-hydroxylation sites is 1. The van der Waals surface area contributed by atoms with E-state index in [-0.39, 0.29) is 5.25 Å². The van der Waals surface area contributed by atoms with Gasteiger partial charge in [-0.3, -0.25) is 4.57 Å². The molecule has 7 nitrogen and oxygen atoms in total. The number of hydrogen-bond donors (Lipinski definition) is 0. The van der Waals surface area contributed by atoms with E-state index in [1.165, 1.54) is 11.8 Å². The zero-order valence-corrected chi connectivity index (χ0v) is 17.9. The number of hydrogen-bond acceptors (Lipinski definition) is 8. The number of aromatic nitrogens is 5. The first kappa shape index (κ1) is 18.8. The van der Waals surface area contributed by atoms with Crippen molar-refractivity contribution in [2.75, 3.05) is 0 Å². The van der Waals surface area contributed by atoms with Crippen LogP contribution in [0.1, 0.15) is 23.8 Å². The van der Waals surface area contributed by atoms with Crippen molar-refractivity contribution < 1.29 is 8.83 Å². The fourth-order valence-electron chi connectivity index (χ4n) is 3.05. The summed E-state index contributed by atoms with van der Waals surface area (Å²) in [5, 5.41) is 20.0. The summed E-state index contributed by atoms with van der Waals surface area (Å²) in [4.78, 5) is 0.955. The molecule has 0 aliphatic rings. The number of aryl methyl sites for hydroxylation is 1. The fourth-order valence-corrected chi connectivity index (χ4v) is 4.60. The van der Waals surface area contributed by atoms with Gasteiger partial charge in [0.2, 0.25) is 5.89 Å². The summed E-state index contributed by atoms with van der Waals surface area (Å²) < 4.78 is 13.4. The Bertz CT molecular complexity index is 1260. The van der Waals surface area contributed by atoms with E-state index in [1.54, 1.807) is 17.6 Å². The Morgan fingerprint density at radius 1 is 1.00 bits per heavy atom. The fraction of sp³-hybridized carbons (Fsp3) is 0.143. The first-order valence-electron chi connectivity index (χ1n) is 9.30. The molecule has 5 rings (SSSR count). The highest BCUT2D eigenvalue weighted by Crippen LogP contribution is 2.38. The normalized spacial score (nSPS) is 12.3. The minimum atomic E-state index is -0.101. The lowest BCUT2D eigenvalue weighted by Crippen LogP contribution is -2.01. The lowest BCUT2D eigenvalue weighted by molar-refractivity contribution is 0.510. The molecule has 1 aromatic carbocycles. The molecule has 0 aliphatic carbocycles. The lowest BCUT2D eigenvalue weighted by Gasteiger charge is -2.11. The molecule has 0 saturated carbocycles. The van der Waals surface area contributed by atoms with E-state index in [0.717, 1.165) is 32.9 Å². The summed E-state index contributed by atoms with van der Waals surface area (Å²) in [6.45, 7) is 3.93. The Kier molecular flexibility index (Phi) is 4.97. The summed E-state index contributed by atoms with van der Waals surface area (Å²) in [6.07, 6.45) is 1.66. The van der Waals surface area contributed by atoms with Crippen molar-refractivity contribution in [2.45, 2.75) is 24.3 Å². The molecule has 4 aromatic heterocycles. The zero-order valence-electron chi connectivity index (χ0n) is 16.2. The summed E-state index contributed by atoms with van der Waals surface area (Å²) in [7, 11) is 0. The molecule has 9 heteroatoms. The maximum absolute atomic E-state index is 5.90. The highest BCUT2D eigenvalue weighted by atomic mass is 32.2. The molecule has 0 bridgehead atoms. The standard InChI is InChI=1S/C21H17N5O2S2/c1-13-16(10-11-27-13)18-22-25-21(26(18)15-7-4-3-5-8-15)30-14(2)19-23-24-20(28-19)17-9-6-12-29-17/h3-12,14H,1-2H3/t14-/m1/s1. The predicted octanol–water partition coefficient (Wildman–Crippen LogP) is 5.80. The van der Waals surface area contributed by atoms with Crippen LogP contribution in [-0.4, -0.2) is 25.0 Å². The topological polar surface area (TPSA) is 82.8 Å². The van der Waals surface area contributed by atoms with Gasteiger partial charge in [-0.15, -0.1) is 31.7 Å². The highest BCUT2D eigenvalue weighted by Gasteiger charge is 2.23. The van der Waals surface area contributed by atoms with Crippen molar-refractivity contribution in [1.29, 1.82) is 0 Å². The van der Waals surface area contributed by atoms with Gasteiger partial charge >= 0.3 is 0 Å². The van der Waals surface area contributed by atoms with Gasteiger partial charge in [0.05, 0.1) is 22.0 Å². The second-order valence-electron chi connectivity index (χ2n) is 6.55. The second kappa shape index (κ2) is 7.92. The van der Waals surface area contributed by atoms with Gasteiger partial charge in [0.25, 0.3) is 5.89 Å². The Morgan fingerprint density at radius 3 is 2.60 bits per heavy atom. The predicted molar refractivity (Wildman–Crippen MR) is 116 cm³/mol. The molecule has 0 radical (unpaired) electrons. The van der Waals surface area contributed by atoms with Crippen LogP contribution >= 0.6 is 23.1 Å². The number of furan rings is 1. The van der Waals surface area contributed by atoms with Crippen molar-refractivity contribution in [3.8, 4) is 27.8 Å². The quantitative estimate of drug-likeness (QED) is 0.312. The van der Waals surface area contributed by atoms with Gasteiger partial charge in [-0.05, 0) is 43.5 Å². The molecule has 0 N–H and O–H groups in total. The summed E-state index contributed by atoms with van der Waals surface area (Å²) in [6, 6.07) is 15.8. The van der Waals surface area contributed by atoms with Crippen molar-refractivity contribution in [1.82, 2.24) is 25.0 Å². The van der Waals surface area contributed by atoms with Gasteiger partial charge in [0.1, 0.15) is 5.76 Å². The molecule has 0 spiro atoms. The van der Waals surface area contributed by atoms with E-state index in [0.29, 0.717) is 11.8 Å². The SMILES string of the molecule is Cc1occc1-c1nnc(S[C@H](C)c2nnc(-c3cccs3)o2)n1-c1ccccc1. The molecule has 0 unspecified atom stereocenters. The maximum atomic E-state index is 5.90. The summed E-state index contributed by atoms with van der Waals surface area (Å²) in [5.41, 5.74) is 1.88. The molecule has 4 heterocycles.